The first-order valence-corrected chi connectivity index (χ1v) is 7.41. The summed E-state index contributed by atoms with van der Waals surface area (Å²) in [4.78, 5) is 20.1. The van der Waals surface area contributed by atoms with E-state index >= 15 is 0 Å². The lowest BCUT2D eigenvalue weighted by Crippen LogP contribution is -2.30. The quantitative estimate of drug-likeness (QED) is 0.888. The van der Waals surface area contributed by atoms with E-state index in [0.29, 0.717) is 11.5 Å². The SMILES string of the molecule is Cc1cc(Nc2cnc(C(=O)NC(C)C)cn2)ccc1Br. The number of aromatic nitrogens is 2. The lowest BCUT2D eigenvalue weighted by molar-refractivity contribution is 0.0937. The maximum atomic E-state index is 11.8. The van der Waals surface area contributed by atoms with Gasteiger partial charge in [0, 0.05) is 16.2 Å². The first-order valence-electron chi connectivity index (χ1n) is 6.62. The van der Waals surface area contributed by atoms with E-state index < -0.39 is 0 Å². The highest BCUT2D eigenvalue weighted by Crippen LogP contribution is 2.21. The Morgan fingerprint density at radius 1 is 1.24 bits per heavy atom. The van der Waals surface area contributed by atoms with Crippen LogP contribution in [0.1, 0.15) is 29.9 Å². The second-order valence-corrected chi connectivity index (χ2v) is 5.86. The van der Waals surface area contributed by atoms with Crippen molar-refractivity contribution in [1.82, 2.24) is 15.3 Å². The van der Waals surface area contributed by atoms with Crippen molar-refractivity contribution in [1.29, 1.82) is 0 Å². The van der Waals surface area contributed by atoms with Gasteiger partial charge in [-0.15, -0.1) is 0 Å². The third kappa shape index (κ3) is 4.26. The van der Waals surface area contributed by atoms with Gasteiger partial charge in [0.25, 0.3) is 5.91 Å². The van der Waals surface area contributed by atoms with Crippen molar-refractivity contribution in [2.75, 3.05) is 5.32 Å². The fourth-order valence-electron chi connectivity index (χ4n) is 1.72. The average Bonchev–Trinajstić information content (AvgIpc) is 2.43. The zero-order valence-corrected chi connectivity index (χ0v) is 13.7. The highest BCUT2D eigenvalue weighted by molar-refractivity contribution is 9.10. The fraction of sp³-hybridized carbons (Fsp3) is 0.267. The van der Waals surface area contributed by atoms with E-state index in [4.69, 9.17) is 0 Å². The first kappa shape index (κ1) is 15.4. The molecule has 0 bridgehead atoms. The van der Waals surface area contributed by atoms with Crippen molar-refractivity contribution in [3.05, 3.63) is 46.3 Å². The Morgan fingerprint density at radius 3 is 2.57 bits per heavy atom. The predicted molar refractivity (Wildman–Crippen MR) is 86.8 cm³/mol. The lowest BCUT2D eigenvalue weighted by Gasteiger charge is -2.09. The van der Waals surface area contributed by atoms with Crippen LogP contribution in [0.5, 0.6) is 0 Å². The van der Waals surface area contributed by atoms with E-state index in [-0.39, 0.29) is 11.9 Å². The molecule has 5 nitrogen and oxygen atoms in total. The molecule has 21 heavy (non-hydrogen) atoms. The van der Waals surface area contributed by atoms with Crippen LogP contribution in [0.15, 0.2) is 35.1 Å². The minimum atomic E-state index is -0.219. The van der Waals surface area contributed by atoms with E-state index in [1.54, 1.807) is 6.20 Å². The molecule has 0 spiro atoms. The van der Waals surface area contributed by atoms with Gasteiger partial charge in [-0.25, -0.2) is 9.97 Å². The van der Waals surface area contributed by atoms with Crippen LogP contribution >= 0.6 is 15.9 Å². The van der Waals surface area contributed by atoms with Crippen molar-refractivity contribution in [3.8, 4) is 0 Å². The molecule has 1 heterocycles. The highest BCUT2D eigenvalue weighted by atomic mass is 79.9. The molecule has 0 saturated heterocycles. The summed E-state index contributed by atoms with van der Waals surface area (Å²) >= 11 is 3.46. The number of anilines is 2. The van der Waals surface area contributed by atoms with Crippen molar-refractivity contribution in [3.63, 3.8) is 0 Å². The third-order valence-corrected chi connectivity index (χ3v) is 3.62. The van der Waals surface area contributed by atoms with E-state index in [0.717, 1.165) is 15.7 Å². The molecule has 0 radical (unpaired) electrons. The molecule has 1 aromatic carbocycles. The summed E-state index contributed by atoms with van der Waals surface area (Å²) in [5.74, 6) is 0.376. The van der Waals surface area contributed by atoms with Gasteiger partial charge in [-0.1, -0.05) is 15.9 Å². The Hall–Kier alpha value is -1.95. The van der Waals surface area contributed by atoms with Gasteiger partial charge in [0.15, 0.2) is 0 Å². The van der Waals surface area contributed by atoms with Crippen molar-refractivity contribution >= 4 is 33.3 Å². The Morgan fingerprint density at radius 2 is 2.00 bits per heavy atom. The molecule has 0 aliphatic rings. The molecule has 1 amide bonds. The zero-order valence-electron chi connectivity index (χ0n) is 12.1. The molecule has 2 rings (SSSR count). The first-order chi connectivity index (χ1) is 9.95. The number of hydrogen-bond donors (Lipinski definition) is 2. The number of amides is 1. The molecule has 110 valence electrons. The Balaban J connectivity index is 2.08. The second kappa shape index (κ2) is 6.67. The molecule has 0 unspecified atom stereocenters. The standard InChI is InChI=1S/C15H17BrN4O/c1-9(2)19-15(21)13-7-18-14(8-17-13)20-11-4-5-12(16)10(3)6-11/h4-9H,1-3H3,(H,18,20)(H,19,21). The van der Waals surface area contributed by atoms with Crippen LogP contribution < -0.4 is 10.6 Å². The largest absolute Gasteiger partial charge is 0.348 e. The van der Waals surface area contributed by atoms with Gasteiger partial charge in [-0.05, 0) is 44.5 Å². The van der Waals surface area contributed by atoms with Gasteiger partial charge in [-0.2, -0.15) is 0 Å². The Labute approximate surface area is 132 Å². The molecular formula is C15H17BrN4O. The van der Waals surface area contributed by atoms with Crippen LogP contribution in [0.25, 0.3) is 0 Å². The summed E-state index contributed by atoms with van der Waals surface area (Å²) in [6.07, 6.45) is 3.01. The van der Waals surface area contributed by atoms with E-state index in [2.05, 4.69) is 36.5 Å². The summed E-state index contributed by atoms with van der Waals surface area (Å²) in [7, 11) is 0. The minimum Gasteiger partial charge on any atom is -0.348 e. The number of rotatable bonds is 4. The number of benzene rings is 1. The van der Waals surface area contributed by atoms with E-state index in [1.807, 2.05) is 39.0 Å². The Kier molecular flexibility index (Phi) is 4.90. The van der Waals surface area contributed by atoms with Gasteiger partial charge < -0.3 is 10.6 Å². The lowest BCUT2D eigenvalue weighted by atomic mass is 10.2. The number of carbonyl (C=O) groups excluding carboxylic acids is 1. The second-order valence-electron chi connectivity index (χ2n) is 5.00. The molecule has 0 aliphatic carbocycles. The maximum absolute atomic E-state index is 11.8. The minimum absolute atomic E-state index is 0.0721. The smallest absolute Gasteiger partial charge is 0.271 e. The third-order valence-electron chi connectivity index (χ3n) is 2.73. The van der Waals surface area contributed by atoms with E-state index in [9.17, 15) is 4.79 Å². The summed E-state index contributed by atoms with van der Waals surface area (Å²) in [5, 5.41) is 5.93. The van der Waals surface area contributed by atoms with Crippen molar-refractivity contribution < 1.29 is 4.79 Å². The van der Waals surface area contributed by atoms with Gasteiger partial charge >= 0.3 is 0 Å². The summed E-state index contributed by atoms with van der Waals surface area (Å²) in [5.41, 5.74) is 2.35. The number of halogens is 1. The molecular weight excluding hydrogens is 332 g/mol. The van der Waals surface area contributed by atoms with E-state index in [1.165, 1.54) is 6.20 Å². The molecule has 2 aromatic rings. The summed E-state index contributed by atoms with van der Waals surface area (Å²) < 4.78 is 1.06. The van der Waals surface area contributed by atoms with Crippen LogP contribution in [0.3, 0.4) is 0 Å². The van der Waals surface area contributed by atoms with Crippen LogP contribution in [0, 0.1) is 6.92 Å². The van der Waals surface area contributed by atoms with Crippen LogP contribution in [-0.4, -0.2) is 21.9 Å². The number of nitrogens with zero attached hydrogens (tertiary/aromatic N) is 2. The zero-order chi connectivity index (χ0) is 15.4. The molecule has 2 N–H and O–H groups in total. The van der Waals surface area contributed by atoms with Gasteiger partial charge in [-0.3, -0.25) is 4.79 Å². The van der Waals surface area contributed by atoms with Gasteiger partial charge in [0.2, 0.25) is 0 Å². The van der Waals surface area contributed by atoms with Crippen LogP contribution in [0.2, 0.25) is 0 Å². The monoisotopic (exact) mass is 348 g/mol. The molecule has 0 atom stereocenters. The normalized spacial score (nSPS) is 10.5. The summed E-state index contributed by atoms with van der Waals surface area (Å²) in [6.45, 7) is 5.81. The van der Waals surface area contributed by atoms with Crippen molar-refractivity contribution in [2.24, 2.45) is 0 Å². The number of aryl methyl sites for hydroxylation is 1. The summed E-state index contributed by atoms with van der Waals surface area (Å²) in [6, 6.07) is 5.99. The number of hydrogen-bond acceptors (Lipinski definition) is 4. The highest BCUT2D eigenvalue weighted by Gasteiger charge is 2.09. The molecule has 0 fully saturated rings. The molecule has 0 aliphatic heterocycles. The average molecular weight is 349 g/mol. The predicted octanol–water partition coefficient (Wildman–Crippen LogP) is 3.43. The van der Waals surface area contributed by atoms with Crippen molar-refractivity contribution in [2.45, 2.75) is 26.8 Å². The maximum Gasteiger partial charge on any atom is 0.271 e. The number of nitrogens with one attached hydrogen (secondary N) is 2. The van der Waals surface area contributed by atoms with Crippen LogP contribution in [-0.2, 0) is 0 Å². The molecule has 0 saturated carbocycles. The fourth-order valence-corrected chi connectivity index (χ4v) is 1.96. The van der Waals surface area contributed by atoms with Gasteiger partial charge in [0.1, 0.15) is 11.5 Å². The topological polar surface area (TPSA) is 66.9 Å². The van der Waals surface area contributed by atoms with Gasteiger partial charge in [0.05, 0.1) is 12.4 Å². The van der Waals surface area contributed by atoms with Crippen LogP contribution in [0.4, 0.5) is 11.5 Å². The molecule has 6 heteroatoms. The molecule has 1 aromatic heterocycles. The Bertz CT molecular complexity index is 641. The number of carbonyl (C=O) groups is 1.